The Morgan fingerprint density at radius 3 is 0.547 bits per heavy atom. The van der Waals surface area contributed by atoms with Crippen molar-refractivity contribution in [1.29, 1.82) is 0 Å². The molecule has 0 radical (unpaired) electrons. The quantitative estimate of drug-likeness (QED) is 0.0798. The molecule has 9 aromatic rings. The van der Waals surface area contributed by atoms with E-state index >= 15 is 0 Å². The maximum atomic E-state index is 2.48. The summed E-state index contributed by atoms with van der Waals surface area (Å²) < 4.78 is 0. The zero-order chi connectivity index (χ0) is 43.2. The molecule has 3 heteroatoms. The van der Waals surface area contributed by atoms with Gasteiger partial charge in [-0.15, -0.1) is 0 Å². The molecule has 0 spiro atoms. The number of hydrogen-bond acceptors (Lipinski definition) is 3. The lowest BCUT2D eigenvalue weighted by molar-refractivity contribution is 0.797. The highest BCUT2D eigenvalue weighted by Crippen LogP contribution is 2.36. The first-order chi connectivity index (χ1) is 31.7. The van der Waals surface area contributed by atoms with Crippen molar-refractivity contribution < 1.29 is 0 Å². The largest absolute Gasteiger partial charge is 0.363 e. The van der Waals surface area contributed by atoms with E-state index in [0.717, 1.165) is 39.3 Å². The van der Waals surface area contributed by atoms with Crippen LogP contribution in [0.1, 0.15) is 56.0 Å². The predicted molar refractivity (Wildman–Crippen MR) is 269 cm³/mol. The second-order valence-corrected chi connectivity index (χ2v) is 16.7. The van der Waals surface area contributed by atoms with Gasteiger partial charge in [-0.2, -0.15) is 0 Å². The lowest BCUT2D eigenvalue weighted by Gasteiger charge is -2.28. The summed E-state index contributed by atoms with van der Waals surface area (Å²) in [5.74, 6) is 0.0299. The van der Waals surface area contributed by atoms with Gasteiger partial charge in [0.1, 0.15) is 0 Å². The van der Waals surface area contributed by atoms with Crippen molar-refractivity contribution in [1.82, 2.24) is 0 Å². The Labute approximate surface area is 380 Å². The van der Waals surface area contributed by atoms with Crippen LogP contribution in [0.2, 0.25) is 0 Å². The minimum absolute atomic E-state index is 0.0299. The summed E-state index contributed by atoms with van der Waals surface area (Å²) in [6, 6.07) is 92.7. The third-order valence-corrected chi connectivity index (χ3v) is 12.1. The molecule has 0 saturated heterocycles. The summed E-state index contributed by atoms with van der Waals surface area (Å²) in [5.41, 5.74) is 15.2. The maximum Gasteiger partial charge on any atom is 0.0433 e. The molecule has 0 atom stereocenters. The van der Waals surface area contributed by atoms with Crippen LogP contribution in [0.5, 0.6) is 0 Å². The van der Waals surface area contributed by atoms with Crippen LogP contribution in [-0.2, 0) is 39.3 Å². The van der Waals surface area contributed by atoms with Gasteiger partial charge in [0.05, 0.1) is 0 Å². The molecule has 0 aliphatic heterocycles. The fourth-order valence-corrected chi connectivity index (χ4v) is 8.75. The Bertz CT molecular complexity index is 2290. The highest BCUT2D eigenvalue weighted by atomic mass is 15.1. The number of nitrogens with zero attached hydrogens (tertiary/aromatic N) is 3. The Kier molecular flexibility index (Phi) is 13.7. The van der Waals surface area contributed by atoms with Crippen LogP contribution in [0.25, 0.3) is 0 Å². The van der Waals surface area contributed by atoms with Crippen LogP contribution in [0, 0.1) is 0 Å². The van der Waals surface area contributed by atoms with Gasteiger partial charge in [0.25, 0.3) is 0 Å². The van der Waals surface area contributed by atoms with Gasteiger partial charge in [0.15, 0.2) is 0 Å². The second kappa shape index (κ2) is 21.0. The van der Waals surface area contributed by atoms with Crippen molar-refractivity contribution in [3.63, 3.8) is 0 Å². The number of benzene rings is 9. The van der Waals surface area contributed by atoms with E-state index in [1.54, 1.807) is 0 Å². The molecule has 0 aromatic heterocycles. The van der Waals surface area contributed by atoms with Crippen LogP contribution in [-0.4, -0.2) is 0 Å². The topological polar surface area (TPSA) is 9.72 Å². The SMILES string of the molecule is c1ccc(CN(Cc2ccccc2)c2ccc(C(c3ccc(N(Cc4ccccc4)Cc4ccccc4)cc3)c3ccc(N(Cc4ccccc4)Cc4ccccc4)cc3)cc2)cc1. The van der Waals surface area contributed by atoms with Gasteiger partial charge in [-0.05, 0) is 86.5 Å². The van der Waals surface area contributed by atoms with Crippen LogP contribution in [0.4, 0.5) is 17.1 Å². The molecule has 9 rings (SSSR count). The van der Waals surface area contributed by atoms with Crippen LogP contribution < -0.4 is 14.7 Å². The van der Waals surface area contributed by atoms with E-state index < -0.39 is 0 Å². The molecule has 0 aliphatic carbocycles. The minimum atomic E-state index is 0.0299. The van der Waals surface area contributed by atoms with Crippen LogP contribution >= 0.6 is 0 Å². The molecule has 64 heavy (non-hydrogen) atoms. The van der Waals surface area contributed by atoms with Crippen molar-refractivity contribution in [3.05, 3.63) is 305 Å². The molecular formula is C61H55N3. The smallest absolute Gasteiger partial charge is 0.0433 e. The molecule has 0 aliphatic rings. The highest BCUT2D eigenvalue weighted by Gasteiger charge is 2.20. The monoisotopic (exact) mass is 829 g/mol. The maximum absolute atomic E-state index is 2.48. The fraction of sp³-hybridized carbons (Fsp3) is 0.115. The van der Waals surface area contributed by atoms with E-state index in [2.05, 4.69) is 269 Å². The van der Waals surface area contributed by atoms with Crippen molar-refractivity contribution in [2.75, 3.05) is 14.7 Å². The normalized spacial score (nSPS) is 11.0. The van der Waals surface area contributed by atoms with Gasteiger partial charge in [-0.3, -0.25) is 0 Å². The van der Waals surface area contributed by atoms with Crippen molar-refractivity contribution in [2.45, 2.75) is 45.2 Å². The Balaban J connectivity index is 1.06. The molecular weight excluding hydrogens is 775 g/mol. The summed E-state index contributed by atoms with van der Waals surface area (Å²) >= 11 is 0. The highest BCUT2D eigenvalue weighted by molar-refractivity contribution is 5.57. The third kappa shape index (κ3) is 11.1. The van der Waals surface area contributed by atoms with Gasteiger partial charge in [-0.25, -0.2) is 0 Å². The van der Waals surface area contributed by atoms with Crippen LogP contribution in [0.15, 0.2) is 255 Å². The number of hydrogen-bond donors (Lipinski definition) is 0. The Hall–Kier alpha value is -7.62. The van der Waals surface area contributed by atoms with E-state index in [1.165, 1.54) is 67.1 Å². The molecule has 9 aromatic carbocycles. The zero-order valence-corrected chi connectivity index (χ0v) is 36.4. The summed E-state index contributed by atoms with van der Waals surface area (Å²) in [5, 5.41) is 0. The summed E-state index contributed by atoms with van der Waals surface area (Å²) in [7, 11) is 0. The number of anilines is 3. The number of rotatable bonds is 18. The summed E-state index contributed by atoms with van der Waals surface area (Å²) in [4.78, 5) is 7.44. The minimum Gasteiger partial charge on any atom is -0.363 e. The molecule has 0 saturated carbocycles. The molecule has 0 fully saturated rings. The van der Waals surface area contributed by atoms with Crippen molar-refractivity contribution in [2.24, 2.45) is 0 Å². The Morgan fingerprint density at radius 1 is 0.203 bits per heavy atom. The average molecular weight is 830 g/mol. The van der Waals surface area contributed by atoms with Crippen molar-refractivity contribution >= 4 is 17.1 Å². The molecule has 0 unspecified atom stereocenters. The second-order valence-electron chi connectivity index (χ2n) is 16.7. The average Bonchev–Trinajstić information content (AvgIpc) is 3.36. The van der Waals surface area contributed by atoms with E-state index in [4.69, 9.17) is 0 Å². The lowest BCUT2D eigenvalue weighted by Crippen LogP contribution is -2.22. The van der Waals surface area contributed by atoms with Crippen LogP contribution in [0.3, 0.4) is 0 Å². The molecule has 3 nitrogen and oxygen atoms in total. The molecule has 0 N–H and O–H groups in total. The summed E-state index contributed by atoms with van der Waals surface area (Å²) in [6.45, 7) is 4.95. The zero-order valence-electron chi connectivity index (χ0n) is 36.4. The lowest BCUT2D eigenvalue weighted by atomic mass is 9.84. The van der Waals surface area contributed by atoms with Gasteiger partial charge in [-0.1, -0.05) is 218 Å². The first-order valence-electron chi connectivity index (χ1n) is 22.5. The molecule has 0 heterocycles. The van der Waals surface area contributed by atoms with Gasteiger partial charge < -0.3 is 14.7 Å². The van der Waals surface area contributed by atoms with Gasteiger partial charge in [0.2, 0.25) is 0 Å². The summed E-state index contributed by atoms with van der Waals surface area (Å²) in [6.07, 6.45) is 0. The van der Waals surface area contributed by atoms with Gasteiger partial charge >= 0.3 is 0 Å². The predicted octanol–water partition coefficient (Wildman–Crippen LogP) is 14.5. The molecule has 0 amide bonds. The van der Waals surface area contributed by atoms with Crippen molar-refractivity contribution in [3.8, 4) is 0 Å². The third-order valence-electron chi connectivity index (χ3n) is 12.1. The molecule has 314 valence electrons. The first-order valence-corrected chi connectivity index (χ1v) is 22.5. The van der Waals surface area contributed by atoms with E-state index in [9.17, 15) is 0 Å². The van der Waals surface area contributed by atoms with E-state index in [0.29, 0.717) is 0 Å². The Morgan fingerprint density at radius 2 is 0.375 bits per heavy atom. The standard InChI is InChI=1S/C61H55N3/c1-7-19-49(20-8-1)43-62(44-50-21-9-2-10-22-50)58-37-31-55(32-38-58)61(56-33-39-59(40-34-56)63(45-51-23-11-3-12-24-51)46-52-25-13-4-14-26-52)57-35-41-60(42-36-57)64(47-53-27-15-5-16-28-53)48-54-29-17-6-18-30-54/h1-42,61H,43-48H2. The fourth-order valence-electron chi connectivity index (χ4n) is 8.75. The first kappa shape index (κ1) is 41.7. The van der Waals surface area contributed by atoms with E-state index in [-0.39, 0.29) is 5.92 Å². The van der Waals surface area contributed by atoms with E-state index in [1.807, 2.05) is 0 Å². The van der Waals surface area contributed by atoms with Gasteiger partial charge in [0, 0.05) is 62.2 Å². The molecule has 0 bridgehead atoms.